The van der Waals surface area contributed by atoms with E-state index in [1.807, 2.05) is 30.0 Å². The summed E-state index contributed by atoms with van der Waals surface area (Å²) in [6, 6.07) is 5.83. The Morgan fingerprint density at radius 2 is 2.03 bits per heavy atom. The minimum atomic E-state index is -3.05. The van der Waals surface area contributed by atoms with Gasteiger partial charge < -0.3 is 23.6 Å². The second kappa shape index (κ2) is 9.79. The van der Waals surface area contributed by atoms with E-state index >= 15 is 4.11 Å². The minimum Gasteiger partial charge on any atom is -0.490 e. The largest absolute Gasteiger partial charge is 0.490 e. The fraction of sp³-hybridized carbons (Fsp3) is 0.696. The number of methoxy groups -OCH3 is 1. The molecule has 2 aliphatic rings. The van der Waals surface area contributed by atoms with Gasteiger partial charge in [-0.3, -0.25) is 4.79 Å². The van der Waals surface area contributed by atoms with E-state index in [1.54, 1.807) is 20.2 Å². The van der Waals surface area contributed by atoms with E-state index in [4.69, 9.17) is 9.47 Å². The third-order valence-corrected chi connectivity index (χ3v) is 9.05. The van der Waals surface area contributed by atoms with Crippen molar-refractivity contribution in [3.63, 3.8) is 0 Å². The summed E-state index contributed by atoms with van der Waals surface area (Å²) in [5, 5.41) is 9.52. The third-order valence-electron chi connectivity index (χ3n) is 6.67. The van der Waals surface area contributed by atoms with Gasteiger partial charge in [-0.15, -0.1) is 0 Å². The average Bonchev–Trinajstić information content (AvgIpc) is 2.68. The smallest absolute Gasteiger partial charge is 0.247 e. The van der Waals surface area contributed by atoms with E-state index in [-0.39, 0.29) is 36.2 Å². The highest BCUT2D eigenvalue weighted by molar-refractivity contribution is 6.72. The number of aliphatic hydroxyl groups is 1. The van der Waals surface area contributed by atoms with Crippen molar-refractivity contribution in [2.45, 2.75) is 76.3 Å². The number of carbonyl (C=O) groups excluding carboxylic acids is 1. The average molecular weight is 438 g/mol. The molecule has 2 aliphatic heterocycles. The van der Waals surface area contributed by atoms with Crippen LogP contribution in [0.15, 0.2) is 18.2 Å². The quantitative estimate of drug-likeness (QED) is 0.503. The summed E-state index contributed by atoms with van der Waals surface area (Å²) in [5.74, 6) is 0.786. The first-order valence-corrected chi connectivity index (χ1v) is 14.2. The Morgan fingerprint density at radius 3 is 2.70 bits per heavy atom. The Balaban J connectivity index is 1.93. The molecule has 0 radical (unpaired) electrons. The molecule has 0 aliphatic carbocycles. The van der Waals surface area contributed by atoms with Crippen LogP contribution in [0.2, 0.25) is 18.6 Å². The number of carbonyl (C=O) groups is 1. The maximum absolute atomic E-state index is 15.1. The molecule has 1 unspecified atom stereocenters. The normalized spacial score (nSPS) is 26.4. The Bertz CT molecular complexity index is 738. The number of aliphatic hydroxyl groups excluding tert-OH is 1. The minimum absolute atomic E-state index is 0.0574. The van der Waals surface area contributed by atoms with Gasteiger partial charge in [0.15, 0.2) is 0 Å². The van der Waals surface area contributed by atoms with Gasteiger partial charge in [0.05, 0.1) is 6.10 Å². The number of hydrogen-bond acceptors (Lipinski definition) is 4. The van der Waals surface area contributed by atoms with E-state index in [1.165, 1.54) is 0 Å². The monoisotopic (exact) mass is 437 g/mol. The number of nitrogens with zero attached hydrogens (tertiary/aromatic N) is 1. The molecule has 1 fully saturated rings. The van der Waals surface area contributed by atoms with Crippen LogP contribution in [-0.4, -0.2) is 45.8 Å². The van der Waals surface area contributed by atoms with Gasteiger partial charge in [0.1, 0.15) is 11.9 Å². The molecular weight excluding hydrogens is 401 g/mol. The number of benzene rings is 1. The summed E-state index contributed by atoms with van der Waals surface area (Å²) < 4.78 is 27.3. The summed E-state index contributed by atoms with van der Waals surface area (Å²) in [6.45, 7) is 6.06. The lowest BCUT2D eigenvalue weighted by Crippen LogP contribution is -2.46. The molecule has 0 bridgehead atoms. The van der Waals surface area contributed by atoms with Crippen molar-refractivity contribution >= 4 is 20.0 Å². The first-order valence-electron chi connectivity index (χ1n) is 11.2. The fourth-order valence-corrected chi connectivity index (χ4v) is 6.97. The number of fused-ring (bicyclic) bond motifs is 1. The number of anilines is 1. The highest BCUT2D eigenvalue weighted by atomic mass is 28.4. The molecule has 2 heterocycles. The highest BCUT2D eigenvalue weighted by Crippen LogP contribution is 2.48. The maximum Gasteiger partial charge on any atom is 0.247 e. The SMILES string of the molecule is CO[C@H]1c2cc(N3CCCCCCC3=O)ccc2O[C@@H](C(CCO)[Si](C)(C)F)[C@@H]1C. The summed E-state index contributed by atoms with van der Waals surface area (Å²) in [7, 11) is -1.38. The van der Waals surface area contributed by atoms with Gasteiger partial charge in [0.25, 0.3) is 0 Å². The zero-order chi connectivity index (χ0) is 21.9. The molecule has 1 N–H and O–H groups in total. The predicted molar refractivity (Wildman–Crippen MR) is 119 cm³/mol. The number of halogens is 1. The third kappa shape index (κ3) is 4.89. The Morgan fingerprint density at radius 1 is 1.30 bits per heavy atom. The Kier molecular flexibility index (Phi) is 7.58. The molecule has 4 atom stereocenters. The number of hydrogen-bond donors (Lipinski definition) is 1. The van der Waals surface area contributed by atoms with Crippen molar-refractivity contribution < 1.29 is 23.5 Å². The molecule has 0 spiro atoms. The first-order chi connectivity index (χ1) is 14.3. The lowest BCUT2D eigenvalue weighted by molar-refractivity contribution is -0.118. The summed E-state index contributed by atoms with van der Waals surface area (Å²) in [5.41, 5.74) is 1.47. The zero-order valence-corrected chi connectivity index (χ0v) is 19.7. The van der Waals surface area contributed by atoms with E-state index in [0.29, 0.717) is 18.6 Å². The van der Waals surface area contributed by atoms with Crippen molar-refractivity contribution in [3.8, 4) is 5.75 Å². The van der Waals surface area contributed by atoms with Gasteiger partial charge in [-0.1, -0.05) is 19.8 Å². The second-order valence-electron chi connectivity index (χ2n) is 9.21. The molecule has 1 amide bonds. The predicted octanol–water partition coefficient (Wildman–Crippen LogP) is 5.00. The Hall–Kier alpha value is -1.44. The molecule has 7 heteroatoms. The van der Waals surface area contributed by atoms with Crippen LogP contribution >= 0.6 is 0 Å². The molecule has 168 valence electrons. The zero-order valence-electron chi connectivity index (χ0n) is 18.7. The number of rotatable bonds is 6. The van der Waals surface area contributed by atoms with Gasteiger partial charge in [-0.25, -0.2) is 0 Å². The van der Waals surface area contributed by atoms with Crippen LogP contribution in [0.5, 0.6) is 5.75 Å². The van der Waals surface area contributed by atoms with Crippen LogP contribution in [-0.2, 0) is 9.53 Å². The van der Waals surface area contributed by atoms with Gasteiger partial charge in [-0.2, -0.15) is 0 Å². The molecule has 1 aromatic carbocycles. The summed E-state index contributed by atoms with van der Waals surface area (Å²) in [6.07, 6.45) is 4.58. The van der Waals surface area contributed by atoms with Crippen molar-refractivity contribution in [2.24, 2.45) is 5.92 Å². The number of ether oxygens (including phenoxy) is 2. The van der Waals surface area contributed by atoms with Crippen molar-refractivity contribution in [2.75, 3.05) is 25.2 Å². The fourth-order valence-electron chi connectivity index (χ4n) is 5.00. The molecule has 30 heavy (non-hydrogen) atoms. The lowest BCUT2D eigenvalue weighted by Gasteiger charge is -2.43. The van der Waals surface area contributed by atoms with Crippen LogP contribution in [0.1, 0.15) is 57.1 Å². The van der Waals surface area contributed by atoms with Crippen LogP contribution in [0.3, 0.4) is 0 Å². The maximum atomic E-state index is 15.1. The van der Waals surface area contributed by atoms with E-state index in [0.717, 1.165) is 43.5 Å². The lowest BCUT2D eigenvalue weighted by atomic mass is 9.86. The van der Waals surface area contributed by atoms with E-state index in [2.05, 4.69) is 0 Å². The molecule has 0 saturated carbocycles. The van der Waals surface area contributed by atoms with Gasteiger partial charge in [0.2, 0.25) is 14.3 Å². The van der Waals surface area contributed by atoms with Crippen molar-refractivity contribution in [1.29, 1.82) is 0 Å². The molecular formula is C23H36FNO4Si. The van der Waals surface area contributed by atoms with Gasteiger partial charge in [0, 0.05) is 49.4 Å². The van der Waals surface area contributed by atoms with Gasteiger partial charge >= 0.3 is 0 Å². The summed E-state index contributed by atoms with van der Waals surface area (Å²) in [4.78, 5) is 14.6. The topological polar surface area (TPSA) is 59.0 Å². The van der Waals surface area contributed by atoms with E-state index in [9.17, 15) is 9.90 Å². The van der Waals surface area contributed by atoms with Crippen LogP contribution in [0.25, 0.3) is 0 Å². The molecule has 1 aromatic rings. The van der Waals surface area contributed by atoms with Crippen LogP contribution < -0.4 is 9.64 Å². The highest BCUT2D eigenvalue weighted by Gasteiger charge is 2.47. The summed E-state index contributed by atoms with van der Waals surface area (Å²) >= 11 is 0. The molecule has 3 rings (SSSR count). The Labute approximate surface area is 180 Å². The van der Waals surface area contributed by atoms with Crippen LogP contribution in [0, 0.1) is 5.92 Å². The molecule has 1 saturated heterocycles. The second-order valence-corrected chi connectivity index (χ2v) is 13.1. The van der Waals surface area contributed by atoms with E-state index < -0.39 is 8.41 Å². The van der Waals surface area contributed by atoms with Crippen molar-refractivity contribution in [3.05, 3.63) is 23.8 Å². The standard InChI is InChI=1S/C23H36FNO4Si/c1-16-22(28-2)18-15-17(25-13-8-6-5-7-9-21(25)27)10-11-19(18)29-23(16)20(12-14-26)30(3,4)24/h10-11,15-16,20,22-23,26H,5-9,12-14H2,1-4H3/t16-,20?,22-,23-/m1/s1. The van der Waals surface area contributed by atoms with Crippen molar-refractivity contribution in [1.82, 2.24) is 0 Å². The van der Waals surface area contributed by atoms with Crippen LogP contribution in [0.4, 0.5) is 9.80 Å². The number of amides is 1. The molecule has 5 nitrogen and oxygen atoms in total. The molecule has 0 aromatic heterocycles. The van der Waals surface area contributed by atoms with Gasteiger partial charge in [-0.05, 0) is 50.6 Å². The first kappa shape index (κ1) is 23.2.